The first-order valence-electron chi connectivity index (χ1n) is 11.4. The van der Waals surface area contributed by atoms with Crippen LogP contribution in [0.1, 0.15) is 0 Å². The summed E-state index contributed by atoms with van der Waals surface area (Å²) in [5.74, 6) is 0. The van der Waals surface area contributed by atoms with Gasteiger partial charge in [0.25, 0.3) is 20.2 Å². The molecule has 1 heterocycles. The smallest absolute Gasteiger partial charge is 0.282 e. The van der Waals surface area contributed by atoms with Crippen molar-refractivity contribution in [3.05, 3.63) is 115 Å². The van der Waals surface area contributed by atoms with Crippen LogP contribution in [0, 0.1) is 0 Å². The SMILES string of the molecule is O=S(=O)(O)c1ccc(-c2ccc(-c3ccc(-c4ccc(-c5ccc(S(=O)(=O)O)cc5)cc4)nc3)cc2)cc1. The van der Waals surface area contributed by atoms with Crippen LogP contribution in [0.3, 0.4) is 0 Å². The molecule has 7 nitrogen and oxygen atoms in total. The van der Waals surface area contributed by atoms with Crippen LogP contribution in [0.5, 0.6) is 0 Å². The van der Waals surface area contributed by atoms with Gasteiger partial charge in [0.15, 0.2) is 0 Å². The summed E-state index contributed by atoms with van der Waals surface area (Å²) in [6.07, 6.45) is 1.80. The summed E-state index contributed by atoms with van der Waals surface area (Å²) < 4.78 is 63.2. The molecule has 0 saturated heterocycles. The molecular formula is C29H21NO6S2. The van der Waals surface area contributed by atoms with Crippen LogP contribution < -0.4 is 0 Å². The van der Waals surface area contributed by atoms with Crippen molar-refractivity contribution in [1.82, 2.24) is 4.98 Å². The van der Waals surface area contributed by atoms with Crippen molar-refractivity contribution in [3.63, 3.8) is 0 Å². The van der Waals surface area contributed by atoms with E-state index in [4.69, 9.17) is 9.11 Å². The van der Waals surface area contributed by atoms with Gasteiger partial charge in [0.1, 0.15) is 0 Å². The second kappa shape index (κ2) is 9.96. The molecule has 38 heavy (non-hydrogen) atoms. The Hall–Kier alpha value is -4.15. The van der Waals surface area contributed by atoms with E-state index < -0.39 is 20.2 Å². The predicted molar refractivity (Wildman–Crippen MR) is 146 cm³/mol. The van der Waals surface area contributed by atoms with E-state index in [1.165, 1.54) is 24.3 Å². The Morgan fingerprint density at radius 3 is 1.00 bits per heavy atom. The quantitative estimate of drug-likeness (QED) is 0.243. The zero-order valence-electron chi connectivity index (χ0n) is 19.8. The van der Waals surface area contributed by atoms with Crippen molar-refractivity contribution < 1.29 is 25.9 Å². The van der Waals surface area contributed by atoms with Crippen LogP contribution in [-0.2, 0) is 20.2 Å². The zero-order chi connectivity index (χ0) is 26.9. The fourth-order valence-electron chi connectivity index (χ4n) is 4.06. The Morgan fingerprint density at radius 1 is 0.395 bits per heavy atom. The largest absolute Gasteiger partial charge is 0.294 e. The van der Waals surface area contributed by atoms with Gasteiger partial charge in [0.2, 0.25) is 0 Å². The third-order valence-electron chi connectivity index (χ3n) is 6.13. The van der Waals surface area contributed by atoms with Crippen LogP contribution in [0.15, 0.2) is 125 Å². The normalized spacial score (nSPS) is 11.8. The number of aromatic nitrogens is 1. The number of benzene rings is 4. The minimum Gasteiger partial charge on any atom is -0.282 e. The summed E-state index contributed by atoms with van der Waals surface area (Å²) in [5, 5.41) is 0. The molecule has 190 valence electrons. The Labute approximate surface area is 220 Å². The van der Waals surface area contributed by atoms with Crippen LogP contribution in [0.2, 0.25) is 0 Å². The molecule has 9 heteroatoms. The highest BCUT2D eigenvalue weighted by molar-refractivity contribution is 7.86. The van der Waals surface area contributed by atoms with E-state index in [1.807, 2.05) is 60.7 Å². The molecule has 0 unspecified atom stereocenters. The highest BCUT2D eigenvalue weighted by Crippen LogP contribution is 2.28. The van der Waals surface area contributed by atoms with Gasteiger partial charge >= 0.3 is 0 Å². The maximum atomic E-state index is 11.2. The third kappa shape index (κ3) is 5.56. The van der Waals surface area contributed by atoms with Crippen LogP contribution in [-0.4, -0.2) is 30.9 Å². The molecule has 0 bridgehead atoms. The second-order valence-electron chi connectivity index (χ2n) is 8.59. The highest BCUT2D eigenvalue weighted by Gasteiger charge is 2.11. The van der Waals surface area contributed by atoms with Gasteiger partial charge in [-0.05, 0) is 58.1 Å². The van der Waals surface area contributed by atoms with Crippen LogP contribution >= 0.6 is 0 Å². The topological polar surface area (TPSA) is 122 Å². The molecule has 0 aliphatic carbocycles. The Balaban J connectivity index is 1.30. The standard InChI is InChI=1S/C29H21NO6S2/c31-37(32,33)27-14-9-22(10-15-27)20-1-3-24(4-2-20)26-13-18-29(30-19-26)25-7-5-21(6-8-25)23-11-16-28(17-12-23)38(34,35)36/h1-19H,(H,31,32,33)(H,34,35,36). The van der Waals surface area contributed by atoms with E-state index in [0.29, 0.717) is 0 Å². The lowest BCUT2D eigenvalue weighted by molar-refractivity contribution is 0.481. The van der Waals surface area contributed by atoms with E-state index in [1.54, 1.807) is 30.5 Å². The third-order valence-corrected chi connectivity index (χ3v) is 7.87. The maximum absolute atomic E-state index is 11.2. The fourth-order valence-corrected chi connectivity index (χ4v) is 5.02. The van der Waals surface area contributed by atoms with Gasteiger partial charge in [-0.25, -0.2) is 0 Å². The molecule has 0 aliphatic rings. The predicted octanol–water partition coefficient (Wildman–Crippen LogP) is 6.24. The monoisotopic (exact) mass is 543 g/mol. The van der Waals surface area contributed by atoms with Crippen LogP contribution in [0.4, 0.5) is 0 Å². The molecule has 1 aromatic heterocycles. The van der Waals surface area contributed by atoms with Crippen molar-refractivity contribution in [2.24, 2.45) is 0 Å². The Bertz CT molecular complexity index is 1660. The number of pyridine rings is 1. The minimum atomic E-state index is -4.22. The van der Waals surface area contributed by atoms with E-state index >= 15 is 0 Å². The average molecular weight is 544 g/mol. The first kappa shape index (κ1) is 25.5. The fraction of sp³-hybridized carbons (Fsp3) is 0. The molecule has 0 fully saturated rings. The summed E-state index contributed by atoms with van der Waals surface area (Å²) >= 11 is 0. The van der Waals surface area contributed by atoms with Crippen molar-refractivity contribution in [2.75, 3.05) is 0 Å². The van der Waals surface area contributed by atoms with Crippen molar-refractivity contribution in [3.8, 4) is 44.6 Å². The Morgan fingerprint density at radius 2 is 0.684 bits per heavy atom. The van der Waals surface area contributed by atoms with Crippen molar-refractivity contribution >= 4 is 20.2 Å². The summed E-state index contributed by atoms with van der Waals surface area (Å²) in [6.45, 7) is 0. The van der Waals surface area contributed by atoms with E-state index in [2.05, 4.69) is 4.98 Å². The molecule has 0 spiro atoms. The molecule has 4 aromatic carbocycles. The van der Waals surface area contributed by atoms with Crippen molar-refractivity contribution in [1.29, 1.82) is 0 Å². The van der Waals surface area contributed by atoms with Gasteiger partial charge in [-0.2, -0.15) is 16.8 Å². The molecule has 0 radical (unpaired) electrons. The molecule has 0 amide bonds. The molecule has 0 atom stereocenters. The van der Waals surface area contributed by atoms with Crippen molar-refractivity contribution in [2.45, 2.75) is 9.79 Å². The molecular weight excluding hydrogens is 522 g/mol. The Kier molecular flexibility index (Phi) is 6.68. The highest BCUT2D eigenvalue weighted by atomic mass is 32.2. The summed E-state index contributed by atoms with van der Waals surface area (Å²) in [4.78, 5) is 4.31. The van der Waals surface area contributed by atoms with E-state index in [0.717, 1.165) is 44.6 Å². The number of rotatable bonds is 6. The van der Waals surface area contributed by atoms with Gasteiger partial charge < -0.3 is 0 Å². The number of hydrogen-bond donors (Lipinski definition) is 2. The van der Waals surface area contributed by atoms with Gasteiger partial charge in [-0.1, -0.05) is 78.9 Å². The van der Waals surface area contributed by atoms with Gasteiger partial charge in [0.05, 0.1) is 15.5 Å². The lowest BCUT2D eigenvalue weighted by atomic mass is 10.00. The zero-order valence-corrected chi connectivity index (χ0v) is 21.4. The summed E-state index contributed by atoms with van der Waals surface area (Å²) in [6, 6.07) is 31.5. The van der Waals surface area contributed by atoms with Gasteiger partial charge in [-0.15, -0.1) is 0 Å². The molecule has 5 rings (SSSR count). The lowest BCUT2D eigenvalue weighted by Crippen LogP contribution is -1.97. The first-order valence-corrected chi connectivity index (χ1v) is 14.3. The molecule has 0 saturated carbocycles. The number of nitrogens with zero attached hydrogens (tertiary/aromatic N) is 1. The summed E-state index contributed by atoms with van der Waals surface area (Å²) in [7, 11) is -8.45. The van der Waals surface area contributed by atoms with Gasteiger partial charge in [0, 0.05) is 17.3 Å². The number of hydrogen-bond acceptors (Lipinski definition) is 5. The average Bonchev–Trinajstić information content (AvgIpc) is 2.93. The first-order chi connectivity index (χ1) is 18.1. The van der Waals surface area contributed by atoms with E-state index in [-0.39, 0.29) is 9.79 Å². The molecule has 0 aliphatic heterocycles. The minimum absolute atomic E-state index is 0.145. The second-order valence-corrected chi connectivity index (χ2v) is 11.4. The van der Waals surface area contributed by atoms with E-state index in [9.17, 15) is 16.8 Å². The lowest BCUT2D eigenvalue weighted by Gasteiger charge is -2.08. The summed E-state index contributed by atoms with van der Waals surface area (Å²) in [5.41, 5.74) is 7.12. The molecule has 5 aromatic rings. The maximum Gasteiger partial charge on any atom is 0.294 e. The van der Waals surface area contributed by atoms with Gasteiger partial charge in [-0.3, -0.25) is 14.1 Å². The molecule has 2 N–H and O–H groups in total. The van der Waals surface area contributed by atoms with Crippen LogP contribution in [0.25, 0.3) is 44.6 Å².